The lowest BCUT2D eigenvalue weighted by Crippen LogP contribution is -2.24. The molecule has 1 aromatic heterocycles. The van der Waals surface area contributed by atoms with E-state index in [1.807, 2.05) is 24.3 Å². The summed E-state index contributed by atoms with van der Waals surface area (Å²) in [5.74, 6) is 1.78. The molecule has 5 rings (SSSR count). The van der Waals surface area contributed by atoms with Crippen LogP contribution in [0, 0.1) is 0 Å². The van der Waals surface area contributed by atoms with Gasteiger partial charge in [0.15, 0.2) is 17.6 Å². The maximum Gasteiger partial charge on any atom is 0.255 e. The highest BCUT2D eigenvalue weighted by Gasteiger charge is 2.28. The molecule has 9 nitrogen and oxygen atoms in total. The number of aryl methyl sites for hydroxylation is 1. The predicted octanol–water partition coefficient (Wildman–Crippen LogP) is 5.02. The third-order valence-electron chi connectivity index (χ3n) is 5.69. The minimum Gasteiger partial charge on any atom is -0.494 e. The Balaban J connectivity index is 1.13. The molecule has 0 spiro atoms. The van der Waals surface area contributed by atoms with Crippen molar-refractivity contribution in [2.45, 2.75) is 25.4 Å². The van der Waals surface area contributed by atoms with Crippen LogP contribution in [0.5, 0.6) is 17.2 Å². The molecule has 1 aliphatic rings. The van der Waals surface area contributed by atoms with Crippen molar-refractivity contribution in [3.05, 3.63) is 88.7 Å². The van der Waals surface area contributed by atoms with Gasteiger partial charge in [-0.15, -0.1) is 10.2 Å². The maximum atomic E-state index is 12.9. The number of carbonyl (C=O) groups excluding carboxylic acids is 1. The van der Waals surface area contributed by atoms with E-state index in [2.05, 4.69) is 25.9 Å². The number of rotatable bonds is 9. The van der Waals surface area contributed by atoms with Crippen LogP contribution in [0.1, 0.15) is 40.7 Å². The zero-order chi connectivity index (χ0) is 24.7. The largest absolute Gasteiger partial charge is 0.494 e. The Morgan fingerprint density at radius 2 is 1.92 bits per heavy atom. The Morgan fingerprint density at radius 3 is 2.69 bits per heavy atom. The standard InChI is InChI=1S/C26H24ClN5O4/c27-19-11-7-17(8-12-19)4-1-2-15-34-20-13-9-18(10-14-20)26(33)28-21-5-3-6-22-24(21)36-23(16-35-22)25-29-31-32-30-25/h3,5-14,23H,1-2,4,15-16H2,(H,28,33)(H,29,30,31,32). The number of ether oxygens (including phenoxy) is 3. The summed E-state index contributed by atoms with van der Waals surface area (Å²) in [5, 5.41) is 17.5. The fraction of sp³-hybridized carbons (Fsp3) is 0.231. The molecule has 2 heterocycles. The molecule has 1 amide bonds. The van der Waals surface area contributed by atoms with Gasteiger partial charge in [-0.25, -0.2) is 0 Å². The van der Waals surface area contributed by atoms with E-state index >= 15 is 0 Å². The van der Waals surface area contributed by atoms with Gasteiger partial charge in [0.25, 0.3) is 5.91 Å². The number of carbonyl (C=O) groups is 1. The molecule has 4 aromatic rings. The number of halogens is 1. The zero-order valence-electron chi connectivity index (χ0n) is 19.3. The number of para-hydroxylation sites is 1. The number of aromatic amines is 1. The van der Waals surface area contributed by atoms with Crippen LogP contribution in [0.2, 0.25) is 5.02 Å². The number of nitrogens with one attached hydrogen (secondary N) is 2. The second-order valence-electron chi connectivity index (χ2n) is 8.23. The normalized spacial score (nSPS) is 14.3. The first-order valence-electron chi connectivity index (χ1n) is 11.6. The van der Waals surface area contributed by atoms with Crippen LogP contribution in [0.15, 0.2) is 66.7 Å². The Hall–Kier alpha value is -4.11. The molecule has 0 saturated heterocycles. The molecule has 10 heteroatoms. The number of hydrogen-bond acceptors (Lipinski definition) is 7. The molecule has 0 aliphatic carbocycles. The van der Waals surface area contributed by atoms with E-state index in [0.29, 0.717) is 35.2 Å². The first-order chi connectivity index (χ1) is 17.7. The summed E-state index contributed by atoms with van der Waals surface area (Å²) in [6.07, 6.45) is 2.39. The van der Waals surface area contributed by atoms with E-state index in [1.165, 1.54) is 5.56 Å². The number of hydrogen-bond donors (Lipinski definition) is 2. The van der Waals surface area contributed by atoms with Gasteiger partial charge < -0.3 is 19.5 Å². The molecule has 0 radical (unpaired) electrons. The topological polar surface area (TPSA) is 111 Å². The average Bonchev–Trinajstić information content (AvgIpc) is 3.45. The molecule has 3 aromatic carbocycles. The van der Waals surface area contributed by atoms with Crippen molar-refractivity contribution in [1.82, 2.24) is 20.6 Å². The molecular formula is C26H24ClN5O4. The van der Waals surface area contributed by atoms with Crippen molar-refractivity contribution in [2.75, 3.05) is 18.5 Å². The fourth-order valence-corrected chi connectivity index (χ4v) is 3.92. The number of aromatic nitrogens is 4. The summed E-state index contributed by atoms with van der Waals surface area (Å²) in [4.78, 5) is 12.9. The van der Waals surface area contributed by atoms with Crippen molar-refractivity contribution in [2.24, 2.45) is 0 Å². The van der Waals surface area contributed by atoms with Gasteiger partial charge in [-0.2, -0.15) is 5.21 Å². The molecule has 0 fully saturated rings. The number of fused-ring (bicyclic) bond motifs is 1. The van der Waals surface area contributed by atoms with Crippen molar-refractivity contribution in [3.8, 4) is 17.2 Å². The number of benzene rings is 3. The molecule has 1 unspecified atom stereocenters. The van der Waals surface area contributed by atoms with E-state index in [4.69, 9.17) is 25.8 Å². The highest BCUT2D eigenvalue weighted by molar-refractivity contribution is 6.30. The van der Waals surface area contributed by atoms with Crippen LogP contribution in [-0.4, -0.2) is 39.7 Å². The lowest BCUT2D eigenvalue weighted by atomic mass is 10.1. The quantitative estimate of drug-likeness (QED) is 0.307. The molecule has 1 aliphatic heterocycles. The van der Waals surface area contributed by atoms with E-state index in [0.717, 1.165) is 30.0 Å². The molecule has 0 saturated carbocycles. The Kier molecular flexibility index (Phi) is 7.28. The number of H-pyrrole nitrogens is 1. The number of amides is 1. The Morgan fingerprint density at radius 1 is 1.08 bits per heavy atom. The summed E-state index contributed by atoms with van der Waals surface area (Å²) in [5.41, 5.74) is 2.25. The Bertz CT molecular complexity index is 1300. The molecular weight excluding hydrogens is 482 g/mol. The van der Waals surface area contributed by atoms with Gasteiger partial charge in [-0.05, 0) is 73.4 Å². The second-order valence-corrected chi connectivity index (χ2v) is 8.67. The van der Waals surface area contributed by atoms with Gasteiger partial charge >= 0.3 is 0 Å². The third-order valence-corrected chi connectivity index (χ3v) is 5.94. The SMILES string of the molecule is O=C(Nc1cccc2c1OC(c1nn[nH]n1)CO2)c1ccc(OCCCCc2ccc(Cl)cc2)cc1. The van der Waals surface area contributed by atoms with Crippen LogP contribution in [0.3, 0.4) is 0 Å². The molecule has 184 valence electrons. The maximum absolute atomic E-state index is 12.9. The van der Waals surface area contributed by atoms with E-state index in [-0.39, 0.29) is 12.5 Å². The zero-order valence-corrected chi connectivity index (χ0v) is 20.1. The van der Waals surface area contributed by atoms with Crippen molar-refractivity contribution >= 4 is 23.2 Å². The number of anilines is 1. The molecule has 0 bridgehead atoms. The number of unbranched alkanes of at least 4 members (excludes halogenated alkanes) is 1. The van der Waals surface area contributed by atoms with Gasteiger partial charge in [0, 0.05) is 10.6 Å². The van der Waals surface area contributed by atoms with Gasteiger partial charge in [-0.1, -0.05) is 35.0 Å². The lowest BCUT2D eigenvalue weighted by molar-refractivity contribution is 0.0856. The smallest absolute Gasteiger partial charge is 0.255 e. The average molecular weight is 506 g/mol. The second kappa shape index (κ2) is 11.1. The van der Waals surface area contributed by atoms with Crippen LogP contribution in [0.25, 0.3) is 0 Å². The van der Waals surface area contributed by atoms with Crippen molar-refractivity contribution in [3.63, 3.8) is 0 Å². The highest BCUT2D eigenvalue weighted by Crippen LogP contribution is 2.41. The molecule has 36 heavy (non-hydrogen) atoms. The summed E-state index contributed by atoms with van der Waals surface area (Å²) < 4.78 is 17.6. The van der Waals surface area contributed by atoms with Crippen LogP contribution < -0.4 is 19.5 Å². The summed E-state index contributed by atoms with van der Waals surface area (Å²) >= 11 is 5.92. The Labute approximate surface area is 212 Å². The van der Waals surface area contributed by atoms with Crippen LogP contribution in [0.4, 0.5) is 5.69 Å². The summed E-state index contributed by atoms with van der Waals surface area (Å²) in [6.45, 7) is 0.848. The number of nitrogens with zero attached hydrogens (tertiary/aromatic N) is 3. The van der Waals surface area contributed by atoms with Crippen LogP contribution in [-0.2, 0) is 6.42 Å². The minimum atomic E-state index is -0.531. The van der Waals surface area contributed by atoms with Crippen molar-refractivity contribution in [1.29, 1.82) is 0 Å². The third kappa shape index (κ3) is 5.75. The fourth-order valence-electron chi connectivity index (χ4n) is 3.79. The summed E-state index contributed by atoms with van der Waals surface area (Å²) in [6, 6.07) is 20.3. The lowest BCUT2D eigenvalue weighted by Gasteiger charge is -2.26. The van der Waals surface area contributed by atoms with E-state index in [1.54, 1.807) is 42.5 Å². The highest BCUT2D eigenvalue weighted by atomic mass is 35.5. The molecule has 2 N–H and O–H groups in total. The van der Waals surface area contributed by atoms with Gasteiger partial charge in [-0.3, -0.25) is 4.79 Å². The minimum absolute atomic E-state index is 0.243. The van der Waals surface area contributed by atoms with E-state index in [9.17, 15) is 4.79 Å². The molecule has 1 atom stereocenters. The predicted molar refractivity (Wildman–Crippen MR) is 134 cm³/mol. The number of tetrazole rings is 1. The van der Waals surface area contributed by atoms with Crippen LogP contribution >= 0.6 is 11.6 Å². The first kappa shape index (κ1) is 23.6. The monoisotopic (exact) mass is 505 g/mol. The van der Waals surface area contributed by atoms with E-state index < -0.39 is 6.10 Å². The summed E-state index contributed by atoms with van der Waals surface area (Å²) in [7, 11) is 0. The van der Waals surface area contributed by atoms with Crippen molar-refractivity contribution < 1.29 is 19.0 Å². The first-order valence-corrected chi connectivity index (χ1v) is 12.0. The van der Waals surface area contributed by atoms with Gasteiger partial charge in [0.2, 0.25) is 5.82 Å². The van der Waals surface area contributed by atoms with Gasteiger partial charge in [0.1, 0.15) is 12.4 Å². The van der Waals surface area contributed by atoms with Gasteiger partial charge in [0.05, 0.1) is 12.3 Å².